The number of amides is 1. The molecule has 1 rings (SSSR count). The second-order valence-corrected chi connectivity index (χ2v) is 4.41. The van der Waals surface area contributed by atoms with Crippen LogP contribution in [0.1, 0.15) is 12.5 Å². The third kappa shape index (κ3) is 3.09. The molecule has 0 saturated carbocycles. The van der Waals surface area contributed by atoms with Crippen molar-refractivity contribution in [3.8, 4) is 0 Å². The van der Waals surface area contributed by atoms with Gasteiger partial charge >= 0.3 is 17.8 Å². The van der Waals surface area contributed by atoms with E-state index < -0.39 is 23.4 Å². The largest absolute Gasteiger partial charge is 0.479 e. The number of carboxylic acid groups (broad SMARTS) is 2. The van der Waals surface area contributed by atoms with Crippen LogP contribution in [0.15, 0.2) is 30.3 Å². The summed E-state index contributed by atoms with van der Waals surface area (Å²) in [5, 5.41) is 18.0. The van der Waals surface area contributed by atoms with Gasteiger partial charge in [-0.1, -0.05) is 30.3 Å². The molecular weight excluding hydrogens is 250 g/mol. The lowest BCUT2D eigenvalue weighted by molar-refractivity contribution is -0.164. The summed E-state index contributed by atoms with van der Waals surface area (Å²) >= 11 is 0. The quantitative estimate of drug-likeness (QED) is 0.778. The summed E-state index contributed by atoms with van der Waals surface area (Å²) in [7, 11) is 1.17. The Balaban J connectivity index is 3.07. The van der Waals surface area contributed by atoms with Gasteiger partial charge in [0.2, 0.25) is 0 Å². The van der Waals surface area contributed by atoms with Crippen LogP contribution in [0.25, 0.3) is 0 Å². The molecule has 0 bridgehead atoms. The average molecular weight is 265 g/mol. The molecule has 0 unspecified atom stereocenters. The Hall–Kier alpha value is -2.37. The third-order valence-corrected chi connectivity index (χ3v) is 3.08. The number of benzene rings is 1. The van der Waals surface area contributed by atoms with Gasteiger partial charge in [0.1, 0.15) is 5.54 Å². The van der Waals surface area contributed by atoms with Crippen LogP contribution < -0.4 is 0 Å². The van der Waals surface area contributed by atoms with Gasteiger partial charge in [-0.2, -0.15) is 0 Å². The van der Waals surface area contributed by atoms with Crippen molar-refractivity contribution in [3.63, 3.8) is 0 Å². The SMILES string of the molecule is CN(C(=O)C(=O)O)[C@](C)(Cc1ccccc1)C(=O)O. The highest BCUT2D eigenvalue weighted by Gasteiger charge is 2.42. The monoisotopic (exact) mass is 265 g/mol. The van der Waals surface area contributed by atoms with Crippen LogP contribution in [-0.2, 0) is 20.8 Å². The molecule has 6 heteroatoms. The highest BCUT2D eigenvalue weighted by Crippen LogP contribution is 2.20. The smallest absolute Gasteiger partial charge is 0.394 e. The number of hydrogen-bond acceptors (Lipinski definition) is 3. The van der Waals surface area contributed by atoms with Gasteiger partial charge in [0.05, 0.1) is 0 Å². The van der Waals surface area contributed by atoms with E-state index in [9.17, 15) is 19.5 Å². The minimum atomic E-state index is -1.68. The summed E-state index contributed by atoms with van der Waals surface area (Å²) in [6.07, 6.45) is 0.0265. The average Bonchev–Trinajstić information content (AvgIpc) is 2.37. The molecule has 0 aromatic heterocycles. The first-order valence-corrected chi connectivity index (χ1v) is 5.57. The zero-order chi connectivity index (χ0) is 14.6. The number of carboxylic acids is 2. The van der Waals surface area contributed by atoms with Crippen molar-refractivity contribution in [1.29, 1.82) is 0 Å². The molecule has 1 aromatic rings. The summed E-state index contributed by atoms with van der Waals surface area (Å²) in [5.74, 6) is -4.18. The topological polar surface area (TPSA) is 94.9 Å². The number of nitrogens with zero attached hydrogens (tertiary/aromatic N) is 1. The molecule has 1 atom stereocenters. The maximum atomic E-state index is 11.4. The highest BCUT2D eigenvalue weighted by molar-refractivity contribution is 6.32. The molecular formula is C13H15NO5. The molecule has 6 nitrogen and oxygen atoms in total. The molecule has 2 N–H and O–H groups in total. The van der Waals surface area contributed by atoms with Crippen molar-refractivity contribution >= 4 is 17.8 Å². The summed E-state index contributed by atoms with van der Waals surface area (Å²) in [6, 6.07) is 8.72. The molecule has 1 amide bonds. The van der Waals surface area contributed by atoms with Crippen molar-refractivity contribution < 1.29 is 24.6 Å². The second kappa shape index (κ2) is 5.51. The first kappa shape index (κ1) is 14.7. The van der Waals surface area contributed by atoms with Crippen LogP contribution in [0.4, 0.5) is 0 Å². The second-order valence-electron chi connectivity index (χ2n) is 4.41. The summed E-state index contributed by atoms with van der Waals surface area (Å²) in [6.45, 7) is 1.32. The Bertz CT molecular complexity index is 499. The molecule has 0 aliphatic heterocycles. The number of likely N-dealkylation sites (N-methyl/N-ethyl adjacent to an activating group) is 1. The fourth-order valence-corrected chi connectivity index (χ4v) is 1.70. The van der Waals surface area contributed by atoms with Crippen molar-refractivity contribution in [3.05, 3.63) is 35.9 Å². The molecule has 0 spiro atoms. The van der Waals surface area contributed by atoms with Gasteiger partial charge in [-0.25, -0.2) is 9.59 Å². The van der Waals surface area contributed by atoms with E-state index in [1.165, 1.54) is 14.0 Å². The summed E-state index contributed by atoms with van der Waals surface area (Å²) in [5.41, 5.74) is -0.908. The van der Waals surface area contributed by atoms with Gasteiger partial charge in [0.25, 0.3) is 0 Å². The van der Waals surface area contributed by atoms with Crippen LogP contribution in [0.2, 0.25) is 0 Å². The van der Waals surface area contributed by atoms with E-state index in [0.717, 1.165) is 4.90 Å². The first-order valence-electron chi connectivity index (χ1n) is 5.57. The Morgan fingerprint density at radius 1 is 1.16 bits per heavy atom. The first-order chi connectivity index (χ1) is 8.79. The fourth-order valence-electron chi connectivity index (χ4n) is 1.70. The third-order valence-electron chi connectivity index (χ3n) is 3.08. The van der Waals surface area contributed by atoms with Crippen LogP contribution in [0.3, 0.4) is 0 Å². The standard InChI is InChI=1S/C13H15NO5/c1-13(12(18)19,14(2)10(15)11(16)17)8-9-6-4-3-5-7-9/h3-7H,8H2,1-2H3,(H,16,17)(H,18,19)/t13-/m1/s1. The lowest BCUT2D eigenvalue weighted by Gasteiger charge is -2.34. The lowest BCUT2D eigenvalue weighted by atomic mass is 9.91. The van der Waals surface area contributed by atoms with Gasteiger partial charge < -0.3 is 15.1 Å². The molecule has 0 aliphatic rings. The predicted octanol–water partition coefficient (Wildman–Crippen LogP) is 0.615. The van der Waals surface area contributed by atoms with Gasteiger partial charge in [0.15, 0.2) is 0 Å². The van der Waals surface area contributed by atoms with Crippen molar-refractivity contribution in [2.45, 2.75) is 18.9 Å². The summed E-state index contributed by atoms with van der Waals surface area (Å²) in [4.78, 5) is 34.3. The Kier molecular flexibility index (Phi) is 4.26. The van der Waals surface area contributed by atoms with E-state index in [1.807, 2.05) is 0 Å². The summed E-state index contributed by atoms with van der Waals surface area (Å²) < 4.78 is 0. The van der Waals surface area contributed by atoms with E-state index in [2.05, 4.69) is 0 Å². The number of carbonyl (C=O) groups excluding carboxylic acids is 1. The van der Waals surface area contributed by atoms with E-state index in [4.69, 9.17) is 5.11 Å². The van der Waals surface area contributed by atoms with Crippen LogP contribution in [0.5, 0.6) is 0 Å². The van der Waals surface area contributed by atoms with Crippen LogP contribution >= 0.6 is 0 Å². The zero-order valence-corrected chi connectivity index (χ0v) is 10.7. The highest BCUT2D eigenvalue weighted by atomic mass is 16.4. The van der Waals surface area contributed by atoms with E-state index in [0.29, 0.717) is 5.56 Å². The minimum absolute atomic E-state index is 0.0265. The van der Waals surface area contributed by atoms with Gasteiger partial charge in [-0.05, 0) is 12.5 Å². The Morgan fingerprint density at radius 3 is 2.11 bits per heavy atom. The minimum Gasteiger partial charge on any atom is -0.479 e. The van der Waals surface area contributed by atoms with Crippen LogP contribution in [-0.4, -0.2) is 45.5 Å². The Morgan fingerprint density at radius 2 is 1.68 bits per heavy atom. The van der Waals surface area contributed by atoms with Crippen molar-refractivity contribution in [2.75, 3.05) is 7.05 Å². The van der Waals surface area contributed by atoms with Gasteiger partial charge in [-0.15, -0.1) is 0 Å². The zero-order valence-electron chi connectivity index (χ0n) is 10.7. The van der Waals surface area contributed by atoms with E-state index in [1.54, 1.807) is 30.3 Å². The molecule has 0 saturated heterocycles. The molecule has 0 fully saturated rings. The fraction of sp³-hybridized carbons (Fsp3) is 0.308. The maximum absolute atomic E-state index is 11.4. The van der Waals surface area contributed by atoms with E-state index in [-0.39, 0.29) is 6.42 Å². The van der Waals surface area contributed by atoms with Crippen molar-refractivity contribution in [1.82, 2.24) is 4.90 Å². The maximum Gasteiger partial charge on any atom is 0.394 e. The van der Waals surface area contributed by atoms with E-state index >= 15 is 0 Å². The molecule has 19 heavy (non-hydrogen) atoms. The number of aliphatic carboxylic acids is 2. The molecule has 0 aliphatic carbocycles. The molecule has 0 heterocycles. The molecule has 102 valence electrons. The normalized spacial score (nSPS) is 13.4. The van der Waals surface area contributed by atoms with Crippen LogP contribution in [0, 0.1) is 0 Å². The predicted molar refractivity (Wildman–Crippen MR) is 66.6 cm³/mol. The molecule has 0 radical (unpaired) electrons. The van der Waals surface area contributed by atoms with Gasteiger partial charge in [0, 0.05) is 13.5 Å². The number of hydrogen-bond donors (Lipinski definition) is 2. The van der Waals surface area contributed by atoms with Crippen molar-refractivity contribution in [2.24, 2.45) is 0 Å². The lowest BCUT2D eigenvalue weighted by Crippen LogP contribution is -2.56. The number of carbonyl (C=O) groups is 3. The van der Waals surface area contributed by atoms with Gasteiger partial charge in [-0.3, -0.25) is 4.79 Å². The Labute approximate surface area is 110 Å². The number of rotatable bonds is 4. The molecule has 1 aromatic carbocycles.